The van der Waals surface area contributed by atoms with Gasteiger partial charge >= 0.3 is 29.0 Å². The van der Waals surface area contributed by atoms with Gasteiger partial charge in [0, 0.05) is 47.0 Å². The lowest BCUT2D eigenvalue weighted by Gasteiger charge is -1.94. The molecule has 0 N–H and O–H groups in total. The molecule has 8 rings (SSSR count). The van der Waals surface area contributed by atoms with Crippen LogP contribution in [0.1, 0.15) is 0 Å². The van der Waals surface area contributed by atoms with Gasteiger partial charge in [-0.05, 0) is 97.1 Å². The Kier molecular flexibility index (Phi) is 32.4. The van der Waals surface area contributed by atoms with E-state index in [9.17, 15) is 69.1 Å². The Labute approximate surface area is 424 Å². The van der Waals surface area contributed by atoms with Crippen LogP contribution >= 0.6 is 0 Å². The molecule has 0 aliphatic carbocycles. The molecule has 24 heteroatoms. The molecule has 0 nitrogen and oxygen atoms in total. The Hall–Kier alpha value is -5.70. The number of rotatable bonds is 8. The van der Waals surface area contributed by atoms with E-state index in [1.165, 1.54) is 86.2 Å². The van der Waals surface area contributed by atoms with E-state index in [1.807, 2.05) is 48.5 Å². The van der Waals surface area contributed by atoms with Crippen LogP contribution in [0.5, 0.6) is 0 Å². The second-order valence-electron chi connectivity index (χ2n) is 13.1. The summed E-state index contributed by atoms with van der Waals surface area (Å²) in [7, 11) is -24.0. The van der Waals surface area contributed by atoms with Crippen molar-refractivity contribution in [1.29, 1.82) is 0 Å². The summed E-state index contributed by atoms with van der Waals surface area (Å²) in [5.41, 5.74) is 0. The van der Waals surface area contributed by atoms with Gasteiger partial charge in [-0.1, -0.05) is 146 Å². The number of halogens is 16. The zero-order valence-corrected chi connectivity index (χ0v) is 40.8. The second kappa shape index (κ2) is 36.3. The standard InChI is InChI=1S/4C12H10S.4BF4/c4*1-3-7-11(8-4-1)13-12-9-5-2-6-10-12;4*2-1(3,4)5/h4*1-10H;;;;/q;;;;4*-1/p+4. The molecule has 0 heterocycles. The largest absolute Gasteiger partial charge is 0.673 e. The zero-order valence-electron chi connectivity index (χ0n) is 37.2. The molecule has 0 radical (unpaired) electrons. The Balaban J connectivity index is 0.000000428. The van der Waals surface area contributed by atoms with Crippen molar-refractivity contribution in [3.8, 4) is 0 Å². The molecule has 0 unspecified atom stereocenters. The summed E-state index contributed by atoms with van der Waals surface area (Å²) in [5, 5.41) is 0. The van der Waals surface area contributed by atoms with E-state index in [1.54, 1.807) is 0 Å². The minimum atomic E-state index is -6.00. The third-order valence-corrected chi connectivity index (χ3v) is 11.5. The van der Waals surface area contributed by atoms with Crippen LogP contribution in [-0.4, -0.2) is 29.0 Å². The maximum absolute atomic E-state index is 9.75. The Bertz CT molecular complexity index is 1960. The van der Waals surface area contributed by atoms with Crippen molar-refractivity contribution in [2.24, 2.45) is 0 Å². The fraction of sp³-hybridized carbons (Fsp3) is 0. The van der Waals surface area contributed by atoms with Crippen molar-refractivity contribution in [3.63, 3.8) is 0 Å². The van der Waals surface area contributed by atoms with Crippen LogP contribution in [-0.2, 0) is 47.0 Å². The van der Waals surface area contributed by atoms with E-state index in [0.29, 0.717) is 0 Å². The average molecular weight is 1100 g/mol. The van der Waals surface area contributed by atoms with Gasteiger partial charge in [-0.15, -0.1) is 0 Å². The molecule has 0 saturated carbocycles. The van der Waals surface area contributed by atoms with Crippen LogP contribution in [0.25, 0.3) is 0 Å². The first-order chi connectivity index (χ1) is 33.8. The van der Waals surface area contributed by atoms with Crippen molar-refractivity contribution >= 4 is 76.1 Å². The lowest BCUT2D eigenvalue weighted by Crippen LogP contribution is -2.02. The van der Waals surface area contributed by atoms with Crippen LogP contribution in [0, 0.1) is 0 Å². The first-order valence-electron chi connectivity index (χ1n) is 20.6. The lowest BCUT2D eigenvalue weighted by molar-refractivity contribution is 0.366. The minimum absolute atomic E-state index is 1.28. The van der Waals surface area contributed by atoms with Gasteiger partial charge in [-0.25, -0.2) is 0 Å². The van der Waals surface area contributed by atoms with Crippen molar-refractivity contribution < 1.29 is 69.1 Å². The molecular weight excluding hydrogens is 1050 g/mol. The number of hydrogen-bond donors (Lipinski definition) is 0. The van der Waals surface area contributed by atoms with Crippen molar-refractivity contribution in [3.05, 3.63) is 243 Å². The van der Waals surface area contributed by atoms with Gasteiger partial charge < -0.3 is 69.1 Å². The molecule has 0 aliphatic rings. The van der Waals surface area contributed by atoms with E-state index in [-0.39, 0.29) is 0 Å². The van der Waals surface area contributed by atoms with Gasteiger partial charge in [0.15, 0.2) is 39.2 Å². The molecule has 0 bridgehead atoms. The predicted molar refractivity (Wildman–Crippen MR) is 273 cm³/mol. The van der Waals surface area contributed by atoms with Gasteiger partial charge in [0.2, 0.25) is 0 Å². The van der Waals surface area contributed by atoms with Crippen molar-refractivity contribution in [2.75, 3.05) is 0 Å². The summed E-state index contributed by atoms with van der Waals surface area (Å²) in [4.78, 5) is 10.7. The first kappa shape index (κ1) is 64.3. The Morgan fingerprint density at radius 1 is 0.153 bits per heavy atom. The summed E-state index contributed by atoms with van der Waals surface area (Å²) < 4.78 is 156. The summed E-state index contributed by atoms with van der Waals surface area (Å²) in [5.74, 6) is 0. The number of benzene rings is 8. The summed E-state index contributed by atoms with van der Waals surface area (Å²) in [6, 6.07) is 83.9. The maximum Gasteiger partial charge on any atom is 0.673 e. The zero-order chi connectivity index (χ0) is 53.7. The number of hydrogen-bond acceptors (Lipinski definition) is 0. The van der Waals surface area contributed by atoms with Crippen LogP contribution in [0.4, 0.5) is 69.1 Å². The molecule has 8 aromatic rings. The maximum atomic E-state index is 9.75. The lowest BCUT2D eigenvalue weighted by atomic mass is 10.3. The molecule has 72 heavy (non-hydrogen) atoms. The molecule has 384 valence electrons. The molecule has 0 spiro atoms. The van der Waals surface area contributed by atoms with Crippen LogP contribution in [0.2, 0.25) is 0 Å². The fourth-order valence-corrected chi connectivity index (χ4v) is 8.38. The average Bonchev–Trinajstić information content (AvgIpc) is 3.30. The third-order valence-electron chi connectivity index (χ3n) is 7.08. The highest BCUT2D eigenvalue weighted by Crippen LogP contribution is 2.15. The third kappa shape index (κ3) is 46.7. The highest BCUT2D eigenvalue weighted by molar-refractivity contribution is 7.79. The van der Waals surface area contributed by atoms with E-state index < -0.39 is 29.0 Å². The molecule has 0 saturated heterocycles. The monoisotopic (exact) mass is 1100 g/mol. The molecule has 0 atom stereocenters. The summed E-state index contributed by atoms with van der Waals surface area (Å²) in [6.45, 7) is 0. The first-order valence-corrected chi connectivity index (χ1v) is 24.1. The van der Waals surface area contributed by atoms with Crippen LogP contribution in [0.15, 0.2) is 282 Å². The van der Waals surface area contributed by atoms with E-state index >= 15 is 0 Å². The number of thiol groups is 4. The molecule has 0 amide bonds. The fourth-order valence-electron chi connectivity index (χ4n) is 4.62. The van der Waals surface area contributed by atoms with Crippen molar-refractivity contribution in [2.45, 2.75) is 39.2 Å². The van der Waals surface area contributed by atoms with Gasteiger partial charge in [0.05, 0.1) is 0 Å². The molecule has 8 aromatic carbocycles. The SMILES string of the molecule is F[B-](F)(F)F.F[B-](F)(F)F.F[B-](F)(F)F.F[B-](F)(F)F.c1ccc([SH+]c2ccccc2)cc1.c1ccc([SH+]c2ccccc2)cc1.c1ccc([SH+]c2ccccc2)cc1.c1ccc([SH+]c2ccccc2)cc1. The van der Waals surface area contributed by atoms with Crippen LogP contribution < -0.4 is 0 Å². The highest BCUT2D eigenvalue weighted by Gasteiger charge is 2.22. The van der Waals surface area contributed by atoms with Gasteiger partial charge in [0.1, 0.15) is 0 Å². The second-order valence-corrected chi connectivity index (χ2v) is 18.1. The van der Waals surface area contributed by atoms with E-state index in [4.69, 9.17) is 0 Å². The molecule has 0 aromatic heterocycles. The molecular formula is C48H44B4F16S4. The van der Waals surface area contributed by atoms with Crippen LogP contribution in [0.3, 0.4) is 0 Å². The topological polar surface area (TPSA) is 0 Å². The highest BCUT2D eigenvalue weighted by atomic mass is 32.2. The summed E-state index contributed by atoms with van der Waals surface area (Å²) in [6.07, 6.45) is 0. The molecule has 0 fully saturated rings. The predicted octanol–water partition coefficient (Wildman–Crippen LogP) is 16.9. The Morgan fingerprint density at radius 3 is 0.292 bits per heavy atom. The normalized spacial score (nSPS) is 10.4. The van der Waals surface area contributed by atoms with E-state index in [2.05, 4.69) is 194 Å². The van der Waals surface area contributed by atoms with Gasteiger partial charge in [0.25, 0.3) is 0 Å². The molecule has 0 aliphatic heterocycles. The van der Waals surface area contributed by atoms with E-state index in [0.717, 1.165) is 0 Å². The smallest absolute Gasteiger partial charge is 0.418 e. The minimum Gasteiger partial charge on any atom is -0.418 e. The van der Waals surface area contributed by atoms with Gasteiger partial charge in [-0.2, -0.15) is 0 Å². The summed E-state index contributed by atoms with van der Waals surface area (Å²) >= 11 is 5.13. The van der Waals surface area contributed by atoms with Crippen molar-refractivity contribution in [1.82, 2.24) is 0 Å². The van der Waals surface area contributed by atoms with Gasteiger partial charge in [-0.3, -0.25) is 0 Å². The Morgan fingerprint density at radius 2 is 0.222 bits per heavy atom. The quantitative estimate of drug-likeness (QED) is 0.0616.